The average molecular weight is 638 g/mol. The zero-order chi connectivity index (χ0) is 31.6. The number of carbonyl (C=O) groups is 1. The highest BCUT2D eigenvalue weighted by Gasteiger charge is 2.59. The summed E-state index contributed by atoms with van der Waals surface area (Å²) in [6.07, 6.45) is 12.3. The SMILES string of the molecule is CC(=O)N[C@H](C)[C@H]1CCC2C3CC=C4C[C@@H](OCCCCCCS[C@@H]5O[C@H](CO)[C@@H](O)[C@H](O)[C@@H]5O)CC[C@]4(C)C3CC[C@@]21C. The number of thioether (sulfide) groups is 1. The van der Waals surface area contributed by atoms with Gasteiger partial charge in [0.15, 0.2) is 0 Å². The first-order valence-corrected chi connectivity index (χ1v) is 18.5. The molecule has 5 aliphatic rings. The maximum Gasteiger partial charge on any atom is 0.217 e. The van der Waals surface area contributed by atoms with E-state index in [0.717, 1.165) is 68.6 Å². The minimum Gasteiger partial charge on any atom is -0.394 e. The van der Waals surface area contributed by atoms with Crippen molar-refractivity contribution in [1.29, 1.82) is 0 Å². The van der Waals surface area contributed by atoms with Gasteiger partial charge in [-0.3, -0.25) is 4.79 Å². The molecule has 13 atom stereocenters. The summed E-state index contributed by atoms with van der Waals surface area (Å²) in [5.41, 5.74) is 1.67. The van der Waals surface area contributed by atoms with E-state index in [9.17, 15) is 25.2 Å². The summed E-state index contributed by atoms with van der Waals surface area (Å²) in [5, 5.41) is 42.7. The number of amides is 1. The molecule has 1 heterocycles. The normalized spacial score (nSPS) is 44.2. The standard InChI is InChI=1S/C35H59NO7S/c1-21(36-22(2)38)26-11-12-27-25-10-9-23-19-24(13-15-34(23,3)28(25)14-16-35(26,27)4)42-17-7-5-6-8-18-44-33-32(41)31(40)30(39)29(20-37)43-33/h9,21,24-33,37,39-41H,5-8,10-20H2,1-4H3,(H,36,38)/t21-,24+,25?,26-,27?,28?,29-,30-,31+,32+,33+,34+,35-/m1/s1. The molecule has 3 unspecified atom stereocenters. The van der Waals surface area contributed by atoms with Gasteiger partial charge in [-0.05, 0) is 111 Å². The van der Waals surface area contributed by atoms with Gasteiger partial charge in [0.1, 0.15) is 29.9 Å². The maximum absolute atomic E-state index is 11.8. The van der Waals surface area contributed by atoms with Crippen LogP contribution >= 0.6 is 11.8 Å². The van der Waals surface area contributed by atoms with Crippen molar-refractivity contribution in [2.75, 3.05) is 19.0 Å². The Labute approximate surface area is 269 Å². The number of aliphatic hydroxyl groups excluding tert-OH is 4. The molecular weight excluding hydrogens is 578 g/mol. The van der Waals surface area contributed by atoms with Crippen LogP contribution in [0.25, 0.3) is 0 Å². The van der Waals surface area contributed by atoms with Gasteiger partial charge in [-0.25, -0.2) is 0 Å². The lowest BCUT2D eigenvalue weighted by molar-refractivity contribution is -0.205. The molecule has 0 radical (unpaired) electrons. The van der Waals surface area contributed by atoms with Gasteiger partial charge in [-0.1, -0.05) is 38.3 Å². The van der Waals surface area contributed by atoms with E-state index in [1.165, 1.54) is 50.3 Å². The van der Waals surface area contributed by atoms with Crippen LogP contribution in [0.5, 0.6) is 0 Å². The number of rotatable bonds is 12. The molecule has 1 saturated heterocycles. The van der Waals surface area contributed by atoms with E-state index < -0.39 is 29.9 Å². The van der Waals surface area contributed by atoms with Gasteiger partial charge in [0.25, 0.3) is 0 Å². The third-order valence-corrected chi connectivity index (χ3v) is 13.9. The van der Waals surface area contributed by atoms with E-state index in [0.29, 0.717) is 22.9 Å². The number of ether oxygens (including phenoxy) is 2. The van der Waals surface area contributed by atoms with Crippen LogP contribution in [0.15, 0.2) is 11.6 Å². The number of allylic oxidation sites excluding steroid dienone is 1. The van der Waals surface area contributed by atoms with E-state index in [1.807, 2.05) is 0 Å². The van der Waals surface area contributed by atoms with Crippen LogP contribution in [0.3, 0.4) is 0 Å². The van der Waals surface area contributed by atoms with Crippen LogP contribution in [0, 0.1) is 34.5 Å². The maximum atomic E-state index is 11.8. The summed E-state index contributed by atoms with van der Waals surface area (Å²) in [6.45, 7) is 9.38. The van der Waals surface area contributed by atoms with Crippen molar-refractivity contribution in [3.05, 3.63) is 11.6 Å². The Hall–Kier alpha value is -0.680. The van der Waals surface area contributed by atoms with Gasteiger partial charge in [-0.15, -0.1) is 11.8 Å². The van der Waals surface area contributed by atoms with Crippen molar-refractivity contribution >= 4 is 17.7 Å². The average Bonchev–Trinajstić information content (AvgIpc) is 3.35. The fourth-order valence-electron chi connectivity index (χ4n) is 10.3. The van der Waals surface area contributed by atoms with Crippen molar-refractivity contribution in [3.8, 4) is 0 Å². The first-order chi connectivity index (χ1) is 21.0. The third kappa shape index (κ3) is 6.95. The first-order valence-electron chi connectivity index (χ1n) is 17.5. The number of hydrogen-bond donors (Lipinski definition) is 5. The van der Waals surface area contributed by atoms with Crippen LogP contribution in [-0.4, -0.2) is 87.3 Å². The Bertz CT molecular complexity index is 1010. The Balaban J connectivity index is 1.02. The fourth-order valence-corrected chi connectivity index (χ4v) is 11.4. The molecule has 0 spiro atoms. The predicted molar refractivity (Wildman–Crippen MR) is 173 cm³/mol. The van der Waals surface area contributed by atoms with Gasteiger partial charge in [-0.2, -0.15) is 0 Å². The number of nitrogens with one attached hydrogen (secondary N) is 1. The summed E-state index contributed by atoms with van der Waals surface area (Å²) >= 11 is 1.44. The Morgan fingerprint density at radius 2 is 1.82 bits per heavy atom. The summed E-state index contributed by atoms with van der Waals surface area (Å²) < 4.78 is 12.0. The summed E-state index contributed by atoms with van der Waals surface area (Å²) in [5.74, 6) is 3.78. The molecule has 4 aliphatic carbocycles. The highest BCUT2D eigenvalue weighted by atomic mass is 32.2. The monoisotopic (exact) mass is 637 g/mol. The molecule has 44 heavy (non-hydrogen) atoms. The highest BCUT2D eigenvalue weighted by molar-refractivity contribution is 7.99. The number of carbonyl (C=O) groups excluding carboxylic acids is 1. The lowest BCUT2D eigenvalue weighted by atomic mass is 9.47. The molecule has 0 aromatic carbocycles. The molecule has 0 bridgehead atoms. The van der Waals surface area contributed by atoms with Gasteiger partial charge < -0.3 is 35.2 Å². The smallest absolute Gasteiger partial charge is 0.217 e. The van der Waals surface area contributed by atoms with Gasteiger partial charge in [0.05, 0.1) is 12.7 Å². The summed E-state index contributed by atoms with van der Waals surface area (Å²) in [6, 6.07) is 0.257. The number of unbranched alkanes of at least 4 members (excludes halogenated alkanes) is 3. The molecule has 252 valence electrons. The molecule has 5 N–H and O–H groups in total. The van der Waals surface area contributed by atoms with Gasteiger partial charge >= 0.3 is 0 Å². The minimum absolute atomic E-state index is 0.0965. The highest BCUT2D eigenvalue weighted by Crippen LogP contribution is 2.66. The van der Waals surface area contributed by atoms with Gasteiger partial charge in [0, 0.05) is 19.6 Å². The predicted octanol–water partition coefficient (Wildman–Crippen LogP) is 4.57. The molecule has 1 amide bonds. The van der Waals surface area contributed by atoms with Crippen LogP contribution in [0.4, 0.5) is 0 Å². The minimum atomic E-state index is -1.30. The van der Waals surface area contributed by atoms with Crippen LogP contribution < -0.4 is 5.32 Å². The quantitative estimate of drug-likeness (QED) is 0.156. The number of hydrogen-bond acceptors (Lipinski definition) is 8. The van der Waals surface area contributed by atoms with Crippen molar-refractivity contribution in [2.45, 2.75) is 147 Å². The Morgan fingerprint density at radius 3 is 2.57 bits per heavy atom. The number of fused-ring (bicyclic) bond motifs is 5. The molecule has 3 saturated carbocycles. The van der Waals surface area contributed by atoms with Crippen LogP contribution in [0.2, 0.25) is 0 Å². The second-order valence-corrected chi connectivity index (χ2v) is 16.4. The lowest BCUT2D eigenvalue weighted by Crippen LogP contribution is -2.57. The second kappa shape index (κ2) is 14.6. The van der Waals surface area contributed by atoms with E-state index in [-0.39, 0.29) is 18.6 Å². The molecule has 9 heteroatoms. The third-order valence-electron chi connectivity index (χ3n) is 12.7. The van der Waals surface area contributed by atoms with E-state index in [2.05, 4.69) is 32.2 Å². The molecule has 8 nitrogen and oxygen atoms in total. The van der Waals surface area contributed by atoms with E-state index in [4.69, 9.17) is 9.47 Å². The second-order valence-electron chi connectivity index (χ2n) is 15.2. The molecule has 0 aromatic rings. The van der Waals surface area contributed by atoms with Crippen LogP contribution in [0.1, 0.15) is 105 Å². The van der Waals surface area contributed by atoms with E-state index >= 15 is 0 Å². The molecular formula is C35H59NO7S. The van der Waals surface area contributed by atoms with Crippen molar-refractivity contribution in [1.82, 2.24) is 5.32 Å². The number of aliphatic hydroxyl groups is 4. The zero-order valence-electron chi connectivity index (χ0n) is 27.5. The lowest BCUT2D eigenvalue weighted by Gasteiger charge is -2.58. The fraction of sp³-hybridized carbons (Fsp3) is 0.914. The summed E-state index contributed by atoms with van der Waals surface area (Å²) in [4.78, 5) is 11.8. The Morgan fingerprint density at radius 1 is 1.05 bits per heavy atom. The Kier molecular flexibility index (Phi) is 11.5. The van der Waals surface area contributed by atoms with Gasteiger partial charge in [0.2, 0.25) is 5.91 Å². The van der Waals surface area contributed by atoms with Crippen molar-refractivity contribution in [2.24, 2.45) is 34.5 Å². The zero-order valence-corrected chi connectivity index (χ0v) is 28.3. The molecule has 5 rings (SSSR count). The van der Waals surface area contributed by atoms with Crippen molar-refractivity contribution < 1.29 is 34.7 Å². The molecule has 0 aromatic heterocycles. The molecule has 1 aliphatic heterocycles. The summed E-state index contributed by atoms with van der Waals surface area (Å²) in [7, 11) is 0. The van der Waals surface area contributed by atoms with E-state index in [1.54, 1.807) is 12.5 Å². The molecule has 4 fully saturated rings. The van der Waals surface area contributed by atoms with Crippen LogP contribution in [-0.2, 0) is 14.3 Å². The topological polar surface area (TPSA) is 128 Å². The van der Waals surface area contributed by atoms with Crippen molar-refractivity contribution in [3.63, 3.8) is 0 Å². The first kappa shape index (κ1) is 34.6. The largest absolute Gasteiger partial charge is 0.394 e.